The molecule has 1 unspecified atom stereocenters. The second kappa shape index (κ2) is 3.14. The summed E-state index contributed by atoms with van der Waals surface area (Å²) in [4.78, 5) is 0. The molecule has 0 fully saturated rings. The van der Waals surface area contributed by atoms with E-state index in [0.717, 1.165) is 16.6 Å². The van der Waals surface area contributed by atoms with Crippen molar-refractivity contribution < 1.29 is 14.8 Å². The molecule has 1 aromatic rings. The molecule has 0 amide bonds. The molecule has 2 N–H and O–H groups in total. The normalized spacial score (nSPS) is 20.5. The first kappa shape index (κ1) is 8.75. The number of hydrogen-bond acceptors (Lipinski definition) is 3. The molecule has 0 radical (unpaired) electrons. The molecule has 1 aromatic carbocycles. The number of benzene rings is 1. The first-order valence-electron chi connectivity index (χ1n) is 4.29. The highest BCUT2D eigenvalue weighted by molar-refractivity contribution is 6.61. The van der Waals surface area contributed by atoms with E-state index in [2.05, 4.69) is 0 Å². The van der Waals surface area contributed by atoms with Gasteiger partial charge in [-0.3, -0.25) is 0 Å². The van der Waals surface area contributed by atoms with Gasteiger partial charge in [0, 0.05) is 0 Å². The van der Waals surface area contributed by atoms with E-state index in [1.165, 1.54) is 0 Å². The molecule has 1 atom stereocenters. The molecule has 0 saturated heterocycles. The second-order valence-corrected chi connectivity index (χ2v) is 3.25. The molecule has 0 bridgehead atoms. The van der Waals surface area contributed by atoms with Crippen molar-refractivity contribution in [1.82, 2.24) is 0 Å². The van der Waals surface area contributed by atoms with Crippen molar-refractivity contribution in [3.05, 3.63) is 29.3 Å². The van der Waals surface area contributed by atoms with Crippen LogP contribution in [0.4, 0.5) is 0 Å². The Labute approximate surface area is 77.1 Å². The van der Waals surface area contributed by atoms with E-state index in [9.17, 15) is 5.02 Å². The van der Waals surface area contributed by atoms with Crippen molar-refractivity contribution in [3.63, 3.8) is 0 Å². The zero-order valence-electron chi connectivity index (χ0n) is 7.40. The molecule has 0 saturated carbocycles. The van der Waals surface area contributed by atoms with Gasteiger partial charge < -0.3 is 14.8 Å². The number of fused-ring (bicyclic) bond motifs is 1. The summed E-state index contributed by atoms with van der Waals surface area (Å²) in [6.45, 7) is 1.91. The lowest BCUT2D eigenvalue weighted by molar-refractivity contribution is 0.208. The van der Waals surface area contributed by atoms with Crippen LogP contribution in [0.2, 0.25) is 0 Å². The Balaban J connectivity index is 2.46. The van der Waals surface area contributed by atoms with E-state index in [4.69, 9.17) is 9.76 Å². The fourth-order valence-electron chi connectivity index (χ4n) is 1.64. The Hall–Kier alpha value is -0.835. The van der Waals surface area contributed by atoms with Gasteiger partial charge in [0.1, 0.15) is 0 Å². The van der Waals surface area contributed by atoms with Crippen molar-refractivity contribution in [3.8, 4) is 0 Å². The van der Waals surface area contributed by atoms with Gasteiger partial charge in [0.25, 0.3) is 0 Å². The molecule has 1 aliphatic rings. The summed E-state index contributed by atoms with van der Waals surface area (Å²) in [6, 6.07) is 5.47. The summed E-state index contributed by atoms with van der Waals surface area (Å²) < 4.78 is 5.20. The van der Waals surface area contributed by atoms with Crippen molar-refractivity contribution >= 4 is 12.6 Å². The van der Waals surface area contributed by atoms with Crippen molar-refractivity contribution in [1.29, 1.82) is 0 Å². The molecular weight excluding hydrogens is 167 g/mol. The number of rotatable bonds is 1. The minimum absolute atomic E-state index is 0.0239. The summed E-state index contributed by atoms with van der Waals surface area (Å²) >= 11 is 0. The molecule has 0 aromatic heterocycles. The van der Waals surface area contributed by atoms with Gasteiger partial charge in [-0.1, -0.05) is 18.2 Å². The van der Waals surface area contributed by atoms with E-state index in [0.29, 0.717) is 0 Å². The van der Waals surface area contributed by atoms with Crippen molar-refractivity contribution in [2.24, 2.45) is 0 Å². The topological polar surface area (TPSA) is 49.7 Å². The molecule has 1 heterocycles. The average Bonchev–Trinajstić information content (AvgIpc) is 2.42. The summed E-state index contributed by atoms with van der Waals surface area (Å²) in [5, 5.41) is 18.3. The molecule has 2 rings (SSSR count). The van der Waals surface area contributed by atoms with Gasteiger partial charge in [-0.05, 0) is 23.5 Å². The fourth-order valence-corrected chi connectivity index (χ4v) is 1.64. The predicted molar refractivity (Wildman–Crippen MR) is 49.5 cm³/mol. The quantitative estimate of drug-likeness (QED) is 0.593. The van der Waals surface area contributed by atoms with E-state index in [-0.39, 0.29) is 12.7 Å². The Bertz CT molecular complexity index is 327. The fraction of sp³-hybridized carbons (Fsp3) is 0.333. The molecule has 4 heteroatoms. The Morgan fingerprint density at radius 1 is 1.54 bits per heavy atom. The molecular formula is C9H11BO3. The van der Waals surface area contributed by atoms with Crippen LogP contribution in [0, 0.1) is 0 Å². The van der Waals surface area contributed by atoms with Crippen LogP contribution in [-0.2, 0) is 11.3 Å². The number of aliphatic hydroxyl groups is 1. The highest BCUT2D eigenvalue weighted by atomic mass is 16.5. The van der Waals surface area contributed by atoms with Gasteiger partial charge >= 0.3 is 7.12 Å². The van der Waals surface area contributed by atoms with E-state index in [1.807, 2.05) is 13.0 Å². The van der Waals surface area contributed by atoms with Crippen molar-refractivity contribution in [2.45, 2.75) is 19.6 Å². The maximum atomic E-state index is 9.43. The first-order chi connectivity index (χ1) is 6.22. The Morgan fingerprint density at radius 2 is 2.31 bits per heavy atom. The lowest BCUT2D eigenvalue weighted by Crippen LogP contribution is -2.27. The summed E-state index contributed by atoms with van der Waals surface area (Å²) in [5.74, 6) is 0. The standard InChI is InChI=1S/C9H11BO3/c1-6-8-4-7(5-11)2-3-9(8)10(12)13-6/h2-4,6,11-12H,5H2,1H3. The van der Waals surface area contributed by atoms with E-state index < -0.39 is 7.12 Å². The maximum Gasteiger partial charge on any atom is 0.491 e. The molecule has 3 nitrogen and oxygen atoms in total. The third-order valence-corrected chi connectivity index (χ3v) is 2.37. The van der Waals surface area contributed by atoms with Crippen LogP contribution in [-0.4, -0.2) is 17.2 Å². The number of hydrogen-bond donors (Lipinski definition) is 2. The first-order valence-corrected chi connectivity index (χ1v) is 4.29. The third-order valence-electron chi connectivity index (χ3n) is 2.37. The van der Waals surface area contributed by atoms with E-state index >= 15 is 0 Å². The summed E-state index contributed by atoms with van der Waals surface area (Å²) in [7, 11) is -0.808. The Kier molecular flexibility index (Phi) is 2.11. The van der Waals surface area contributed by atoms with Crippen molar-refractivity contribution in [2.75, 3.05) is 0 Å². The lowest BCUT2D eigenvalue weighted by atomic mass is 9.79. The van der Waals surface area contributed by atoms with Gasteiger partial charge in [0.15, 0.2) is 0 Å². The predicted octanol–water partition coefficient (Wildman–Crippen LogP) is -0.0424. The summed E-state index contributed by atoms with van der Waals surface area (Å²) in [6.07, 6.45) is -0.0866. The highest BCUT2D eigenvalue weighted by Gasteiger charge is 2.32. The Morgan fingerprint density at radius 3 is 3.00 bits per heavy atom. The molecule has 0 spiro atoms. The maximum absolute atomic E-state index is 9.43. The molecule has 13 heavy (non-hydrogen) atoms. The average molecular weight is 178 g/mol. The molecule has 0 aliphatic carbocycles. The van der Waals surface area contributed by atoms with E-state index in [1.54, 1.807) is 12.1 Å². The highest BCUT2D eigenvalue weighted by Crippen LogP contribution is 2.23. The smallest absolute Gasteiger partial charge is 0.423 e. The third kappa shape index (κ3) is 1.37. The van der Waals surface area contributed by atoms with Gasteiger partial charge in [-0.2, -0.15) is 0 Å². The van der Waals surface area contributed by atoms with Gasteiger partial charge in [-0.25, -0.2) is 0 Å². The minimum atomic E-state index is -0.808. The van der Waals surface area contributed by atoms with Crippen LogP contribution in [0.15, 0.2) is 18.2 Å². The summed E-state index contributed by atoms with van der Waals surface area (Å²) in [5.41, 5.74) is 2.63. The van der Waals surface area contributed by atoms with Gasteiger partial charge in [0.2, 0.25) is 0 Å². The van der Waals surface area contributed by atoms with Gasteiger partial charge in [0.05, 0.1) is 12.7 Å². The van der Waals surface area contributed by atoms with Crippen LogP contribution in [0.3, 0.4) is 0 Å². The van der Waals surface area contributed by atoms with Crippen LogP contribution in [0.25, 0.3) is 0 Å². The monoisotopic (exact) mass is 178 g/mol. The zero-order chi connectivity index (χ0) is 9.42. The second-order valence-electron chi connectivity index (χ2n) is 3.25. The van der Waals surface area contributed by atoms with Crippen LogP contribution in [0.1, 0.15) is 24.2 Å². The lowest BCUT2D eigenvalue weighted by Gasteiger charge is -2.05. The number of aliphatic hydroxyl groups excluding tert-OH is 1. The van der Waals surface area contributed by atoms with Gasteiger partial charge in [-0.15, -0.1) is 0 Å². The SMILES string of the molecule is CC1OB(O)c2ccc(CO)cc21. The van der Waals surface area contributed by atoms with Crippen LogP contribution >= 0.6 is 0 Å². The minimum Gasteiger partial charge on any atom is -0.423 e. The molecule has 1 aliphatic heterocycles. The largest absolute Gasteiger partial charge is 0.491 e. The zero-order valence-corrected chi connectivity index (χ0v) is 7.40. The van der Waals surface area contributed by atoms with Crippen LogP contribution < -0.4 is 5.46 Å². The molecule has 68 valence electrons. The van der Waals surface area contributed by atoms with Crippen LogP contribution in [0.5, 0.6) is 0 Å².